The number of carbonyl (C=O) groups excluding carboxylic acids is 2. The molecule has 1 aromatic rings. The highest BCUT2D eigenvalue weighted by Gasteiger charge is 2.56. The second-order valence-corrected chi connectivity index (χ2v) is 11.9. The molecule has 6 rings (SSSR count). The van der Waals surface area contributed by atoms with Gasteiger partial charge in [-0.1, -0.05) is 12.1 Å². The number of oxime groups is 1. The number of carboxylic acid groups (broad SMARTS) is 1. The van der Waals surface area contributed by atoms with Crippen LogP contribution in [0, 0.1) is 5.41 Å². The summed E-state index contributed by atoms with van der Waals surface area (Å²) in [5.74, 6) is -2.24. The van der Waals surface area contributed by atoms with E-state index in [4.69, 9.17) is 5.73 Å². The van der Waals surface area contributed by atoms with E-state index in [1.54, 1.807) is 0 Å². The number of β-lactam (4-membered cyclic amide) rings is 1. The number of hydrogen-bond donors (Lipinski definition) is 3. The Morgan fingerprint density at radius 3 is 2.64 bits per heavy atom. The number of nitrogen functional groups attached to an aromatic ring is 1. The van der Waals surface area contributed by atoms with Crippen molar-refractivity contribution in [2.45, 2.75) is 37.6 Å². The van der Waals surface area contributed by atoms with Crippen LogP contribution in [-0.4, -0.2) is 97.6 Å². The molecule has 2 bridgehead atoms. The zero-order valence-corrected chi connectivity index (χ0v) is 21.2. The Labute approximate surface area is 214 Å². The molecule has 0 aliphatic carbocycles. The zero-order chi connectivity index (χ0) is 25.7. The number of alkyl halides is 1. The van der Waals surface area contributed by atoms with E-state index >= 15 is 0 Å². The summed E-state index contributed by atoms with van der Waals surface area (Å²) in [6.45, 7) is 4.73. The summed E-state index contributed by atoms with van der Waals surface area (Å²) in [4.78, 5) is 47.7. The number of thioether (sulfide) groups is 1. The smallest absolute Gasteiger partial charge is 0.352 e. The average molecular weight is 541 g/mol. The van der Waals surface area contributed by atoms with Gasteiger partial charge in [0.2, 0.25) is 11.5 Å². The second kappa shape index (κ2) is 9.27. The van der Waals surface area contributed by atoms with Gasteiger partial charge in [-0.15, -0.1) is 11.8 Å². The molecule has 0 aromatic carbocycles. The van der Waals surface area contributed by atoms with E-state index in [1.807, 2.05) is 0 Å². The molecule has 4 fully saturated rings. The van der Waals surface area contributed by atoms with Crippen LogP contribution in [0.1, 0.15) is 32.0 Å². The Kier molecular flexibility index (Phi) is 6.41. The molecule has 2 atom stereocenters. The number of piperidine rings is 3. The fourth-order valence-corrected chi connectivity index (χ4v) is 7.26. The topological polar surface area (TPSA) is 160 Å². The van der Waals surface area contributed by atoms with Crippen LogP contribution in [0.25, 0.3) is 0 Å². The highest BCUT2D eigenvalue weighted by molar-refractivity contribution is 8.00. The van der Waals surface area contributed by atoms with Crippen molar-refractivity contribution in [2.75, 3.05) is 44.5 Å². The number of amides is 2. The first kappa shape index (κ1) is 24.9. The first-order valence-electron chi connectivity index (χ1n) is 11.6. The number of nitrogens with one attached hydrogen (secondary N) is 1. The Morgan fingerprint density at radius 2 is 2.06 bits per heavy atom. The number of aliphatic carboxylic acids is 1. The molecule has 0 unspecified atom stereocenters. The average Bonchev–Trinajstić information content (AvgIpc) is 3.29. The predicted molar refractivity (Wildman–Crippen MR) is 129 cm³/mol. The minimum Gasteiger partial charge on any atom is -0.477 e. The van der Waals surface area contributed by atoms with Crippen LogP contribution < -0.4 is 11.1 Å². The number of anilines is 1. The fourth-order valence-electron chi connectivity index (χ4n) is 5.49. The summed E-state index contributed by atoms with van der Waals surface area (Å²) in [6.07, 6.45) is 3.39. The maximum atomic E-state index is 13.1. The summed E-state index contributed by atoms with van der Waals surface area (Å²) in [6, 6.07) is -0.984. The zero-order valence-electron chi connectivity index (χ0n) is 19.6. The molecule has 5 aliphatic heterocycles. The van der Waals surface area contributed by atoms with Crippen molar-refractivity contribution in [3.05, 3.63) is 17.1 Å². The normalized spacial score (nSPS) is 31.7. The summed E-state index contributed by atoms with van der Waals surface area (Å²) < 4.78 is 17.3. The predicted octanol–water partition coefficient (Wildman–Crippen LogP) is 0.527. The first-order chi connectivity index (χ1) is 17.2. The summed E-state index contributed by atoms with van der Waals surface area (Å²) >= 11 is 2.23. The molecule has 0 radical (unpaired) electrons. The molecule has 194 valence electrons. The molecule has 12 nitrogen and oxygen atoms in total. The van der Waals surface area contributed by atoms with Gasteiger partial charge in [-0.2, -0.15) is 9.36 Å². The minimum atomic E-state index is -1.28. The molecule has 4 saturated heterocycles. The van der Waals surface area contributed by atoms with Gasteiger partial charge in [-0.05, 0) is 5.41 Å². The number of carboxylic acids is 1. The molecular weight excluding hydrogens is 513 g/mol. The van der Waals surface area contributed by atoms with Crippen molar-refractivity contribution in [3.63, 3.8) is 0 Å². The largest absolute Gasteiger partial charge is 0.477 e. The number of halogens is 1. The lowest BCUT2D eigenvalue weighted by Gasteiger charge is -2.55. The quantitative estimate of drug-likeness (QED) is 0.185. The van der Waals surface area contributed by atoms with Crippen molar-refractivity contribution in [3.8, 4) is 0 Å². The molecule has 36 heavy (non-hydrogen) atoms. The molecule has 0 spiro atoms. The molecule has 6 heterocycles. The van der Waals surface area contributed by atoms with Gasteiger partial charge in [0.1, 0.15) is 23.7 Å². The van der Waals surface area contributed by atoms with Gasteiger partial charge >= 0.3 is 5.97 Å². The van der Waals surface area contributed by atoms with Crippen molar-refractivity contribution in [1.82, 2.24) is 19.6 Å². The minimum absolute atomic E-state index is 0.0178. The Hall–Kier alpha value is -2.78. The van der Waals surface area contributed by atoms with E-state index in [2.05, 4.69) is 31.6 Å². The van der Waals surface area contributed by atoms with E-state index < -0.39 is 41.8 Å². The number of fused-ring (bicyclic) bond motifs is 4. The Bertz CT molecular complexity index is 1150. The van der Waals surface area contributed by atoms with Crippen LogP contribution >= 0.6 is 23.3 Å². The van der Waals surface area contributed by atoms with Crippen LogP contribution in [0.4, 0.5) is 9.52 Å². The number of nitrogens with zero attached hydrogens (tertiary/aromatic N) is 5. The van der Waals surface area contributed by atoms with Crippen LogP contribution in [0.3, 0.4) is 0 Å². The molecule has 5 aliphatic rings. The second-order valence-electron chi connectivity index (χ2n) is 9.98. The van der Waals surface area contributed by atoms with Gasteiger partial charge in [-0.3, -0.25) is 14.5 Å². The van der Waals surface area contributed by atoms with Crippen molar-refractivity contribution in [1.29, 1.82) is 0 Å². The van der Waals surface area contributed by atoms with Crippen LogP contribution in [0.5, 0.6) is 0 Å². The number of hydrogen-bond acceptors (Lipinski definition) is 10. The standard InChI is InChI=1S/C21H26FN7O5S2/c1-21-2-5-29(6-3-21,7-4-21)8-11-9-35-18-13(17(31)28(18)14(11)19(32)33)24-16(30)12(26-34-10-22)15-25-20(23)36-27-15/h13,18H,2-10H2,1H3,(H3-,23,24,25,27,30,32,33)/p+1/t13-,18+,21?,29?/m1/s1. The van der Waals surface area contributed by atoms with Gasteiger partial charge in [0.15, 0.2) is 5.13 Å². The maximum Gasteiger partial charge on any atom is 0.352 e. The Morgan fingerprint density at radius 1 is 1.36 bits per heavy atom. The van der Waals surface area contributed by atoms with Crippen molar-refractivity contribution >= 4 is 51.9 Å². The summed E-state index contributed by atoms with van der Waals surface area (Å²) in [5.41, 5.74) is 6.30. The molecule has 0 saturated carbocycles. The van der Waals surface area contributed by atoms with Gasteiger partial charge in [0.25, 0.3) is 18.7 Å². The van der Waals surface area contributed by atoms with Gasteiger partial charge < -0.3 is 25.5 Å². The molecular formula is C21H27FN7O5S2+. The van der Waals surface area contributed by atoms with Gasteiger partial charge in [-0.25, -0.2) is 9.18 Å². The first-order valence-corrected chi connectivity index (χ1v) is 13.4. The molecule has 15 heteroatoms. The van der Waals surface area contributed by atoms with E-state index in [9.17, 15) is 23.9 Å². The number of nitrogens with two attached hydrogens (primary N) is 1. The molecule has 4 N–H and O–H groups in total. The molecule has 2 amide bonds. The summed E-state index contributed by atoms with van der Waals surface area (Å²) in [7, 11) is 0. The monoisotopic (exact) mass is 540 g/mol. The fraction of sp³-hybridized carbons (Fsp3) is 0.619. The van der Waals surface area contributed by atoms with Crippen LogP contribution in [-0.2, 0) is 19.2 Å². The highest BCUT2D eigenvalue weighted by Crippen LogP contribution is 2.46. The van der Waals surface area contributed by atoms with Crippen molar-refractivity contribution in [2.24, 2.45) is 10.6 Å². The van der Waals surface area contributed by atoms with E-state index in [-0.39, 0.29) is 16.7 Å². The number of quaternary nitrogens is 1. The van der Waals surface area contributed by atoms with E-state index in [0.29, 0.717) is 17.7 Å². The Balaban J connectivity index is 1.33. The van der Waals surface area contributed by atoms with Gasteiger partial charge in [0, 0.05) is 42.1 Å². The van der Waals surface area contributed by atoms with E-state index in [1.165, 1.54) is 16.7 Å². The third-order valence-electron chi connectivity index (χ3n) is 7.71. The third-order valence-corrected chi connectivity index (χ3v) is 9.59. The maximum absolute atomic E-state index is 13.1. The van der Waals surface area contributed by atoms with Crippen molar-refractivity contribution < 1.29 is 33.2 Å². The third kappa shape index (κ3) is 4.32. The van der Waals surface area contributed by atoms with Crippen LogP contribution in [0.15, 0.2) is 16.4 Å². The summed E-state index contributed by atoms with van der Waals surface area (Å²) in [5, 5.41) is 15.5. The SMILES string of the molecule is CC12CC[N+](CC3=C(C(=O)O)N4C(=O)[C@@H](NC(=O)C(=NOCF)c5nsc(N)n5)[C@@H]4SC3)(CC1)CC2. The van der Waals surface area contributed by atoms with E-state index in [0.717, 1.165) is 60.5 Å². The highest BCUT2D eigenvalue weighted by atomic mass is 32.2. The lowest BCUT2D eigenvalue weighted by atomic mass is 9.72. The van der Waals surface area contributed by atoms with Crippen LogP contribution in [0.2, 0.25) is 0 Å². The number of carbonyl (C=O) groups is 3. The number of aromatic nitrogens is 2. The molecule has 1 aromatic heterocycles. The van der Waals surface area contributed by atoms with Gasteiger partial charge in [0.05, 0.1) is 19.6 Å². The number of rotatable bonds is 8. The lowest BCUT2D eigenvalue weighted by molar-refractivity contribution is -0.941. The lowest BCUT2D eigenvalue weighted by Crippen LogP contribution is -2.71.